The van der Waals surface area contributed by atoms with E-state index in [0.29, 0.717) is 22.5 Å². The van der Waals surface area contributed by atoms with Crippen molar-refractivity contribution >= 4 is 34.8 Å². The Morgan fingerprint density at radius 1 is 1.02 bits per heavy atom. The molecule has 0 saturated carbocycles. The number of hydrogen-bond donors (Lipinski definition) is 2. The van der Waals surface area contributed by atoms with E-state index in [-0.39, 0.29) is 45.9 Å². The lowest BCUT2D eigenvalue weighted by Crippen LogP contribution is -2.31. The summed E-state index contributed by atoms with van der Waals surface area (Å²) < 4.78 is 32.3. The van der Waals surface area contributed by atoms with Gasteiger partial charge in [-0.25, -0.2) is 18.4 Å². The van der Waals surface area contributed by atoms with Gasteiger partial charge in [0, 0.05) is 29.4 Å². The van der Waals surface area contributed by atoms with E-state index >= 15 is 4.39 Å². The van der Waals surface area contributed by atoms with E-state index < -0.39 is 35.3 Å². The Kier molecular flexibility index (Phi) is 7.97. The van der Waals surface area contributed by atoms with E-state index in [1.54, 1.807) is 19.1 Å². The number of aliphatic hydroxyl groups excluding tert-OH is 1. The summed E-state index contributed by atoms with van der Waals surface area (Å²) in [4.78, 5) is 35.5. The smallest absolute Gasteiger partial charge is 0.254 e. The number of amides is 1. The summed E-state index contributed by atoms with van der Waals surface area (Å²) in [5, 5.41) is 21.4. The predicted octanol–water partition coefficient (Wildman–Crippen LogP) is 5.46. The van der Waals surface area contributed by atoms with Gasteiger partial charge in [0.05, 0.1) is 52.3 Å². The van der Waals surface area contributed by atoms with Crippen LogP contribution in [0.1, 0.15) is 31.5 Å². The summed E-state index contributed by atoms with van der Waals surface area (Å²) in [6, 6.07) is 10.5. The molecule has 3 atom stereocenters. The van der Waals surface area contributed by atoms with Crippen LogP contribution >= 0.6 is 23.2 Å². The van der Waals surface area contributed by atoms with Crippen LogP contribution in [0.5, 0.6) is 0 Å². The van der Waals surface area contributed by atoms with E-state index in [2.05, 4.69) is 25.6 Å². The van der Waals surface area contributed by atoms with Gasteiger partial charge in [-0.1, -0.05) is 35.3 Å². The minimum atomic E-state index is -1.01. The van der Waals surface area contributed by atoms with E-state index in [0.717, 1.165) is 6.07 Å². The van der Waals surface area contributed by atoms with Gasteiger partial charge in [-0.3, -0.25) is 19.1 Å². The molecule has 6 rings (SSSR count). The Morgan fingerprint density at radius 2 is 1.84 bits per heavy atom. The lowest BCUT2D eigenvalue weighted by atomic mass is 9.93. The van der Waals surface area contributed by atoms with Gasteiger partial charge in [0.1, 0.15) is 5.82 Å². The fourth-order valence-corrected chi connectivity index (χ4v) is 5.57. The molecule has 1 amide bonds. The molecule has 10 nitrogen and oxygen atoms in total. The predicted molar refractivity (Wildman–Crippen MR) is 160 cm³/mol. The molecule has 4 heterocycles. The van der Waals surface area contributed by atoms with Crippen LogP contribution in [0.3, 0.4) is 0 Å². The Bertz CT molecular complexity index is 1970. The third-order valence-corrected chi connectivity index (χ3v) is 7.92. The molecule has 0 fully saturated rings. The number of anilines is 1. The first-order valence-corrected chi connectivity index (χ1v) is 14.2. The number of nitrogens with zero attached hydrogens (tertiary/aromatic N) is 6. The van der Waals surface area contributed by atoms with Crippen molar-refractivity contribution in [3.8, 4) is 28.1 Å². The number of nitrogens with one attached hydrogen (secondary N) is 1. The average molecular weight is 638 g/mol. The van der Waals surface area contributed by atoms with Crippen LogP contribution in [-0.2, 0) is 4.79 Å². The van der Waals surface area contributed by atoms with Gasteiger partial charge >= 0.3 is 0 Å². The maximum absolute atomic E-state index is 15.4. The molecule has 1 unspecified atom stereocenters. The maximum atomic E-state index is 15.4. The van der Waals surface area contributed by atoms with Crippen molar-refractivity contribution in [1.29, 1.82) is 0 Å². The normalized spacial score (nSPS) is 18.6. The molecule has 0 radical (unpaired) electrons. The first-order valence-electron chi connectivity index (χ1n) is 13.5. The van der Waals surface area contributed by atoms with Crippen LogP contribution in [0.25, 0.3) is 28.1 Å². The third-order valence-electron chi connectivity index (χ3n) is 7.45. The highest BCUT2D eigenvalue weighted by molar-refractivity contribution is 6.31. The molecule has 3 aromatic heterocycles. The Labute approximate surface area is 258 Å². The minimum Gasteiger partial charge on any atom is -0.393 e. The molecule has 44 heavy (non-hydrogen) atoms. The first kappa shape index (κ1) is 29.5. The van der Waals surface area contributed by atoms with E-state index in [9.17, 15) is 19.1 Å². The number of aromatic nitrogens is 6. The molecule has 1 aliphatic rings. The maximum Gasteiger partial charge on any atom is 0.254 e. The Balaban J connectivity index is 1.48. The number of halogens is 4. The van der Waals surface area contributed by atoms with Crippen LogP contribution in [0.15, 0.2) is 72.0 Å². The topological polar surface area (TPSA) is 128 Å². The van der Waals surface area contributed by atoms with Crippen LogP contribution in [0.4, 0.5) is 14.5 Å². The Morgan fingerprint density at radius 3 is 2.59 bits per heavy atom. The SMILES string of the molecule is C[C@@H]1CC(O)C[C@H](n2cnc(-c3c(-n4cc(Cl)nn4)ccc(Cl)c3F)cc2=O)c2cc(ccn2)-c2cc(F)ccc2NC1=O. The zero-order valence-corrected chi connectivity index (χ0v) is 24.5. The highest BCUT2D eigenvalue weighted by Gasteiger charge is 2.27. The molecule has 0 aliphatic carbocycles. The van der Waals surface area contributed by atoms with Crippen molar-refractivity contribution < 1.29 is 18.7 Å². The number of benzene rings is 2. The van der Waals surface area contributed by atoms with Crippen molar-refractivity contribution in [1.82, 2.24) is 29.5 Å². The second-order valence-electron chi connectivity index (χ2n) is 10.5. The van der Waals surface area contributed by atoms with Crippen LogP contribution in [-0.4, -0.2) is 46.6 Å². The zero-order valence-electron chi connectivity index (χ0n) is 23.0. The molecule has 2 aromatic carbocycles. The van der Waals surface area contributed by atoms with Crippen LogP contribution in [0.2, 0.25) is 10.2 Å². The molecule has 2 bridgehead atoms. The summed E-state index contributed by atoms with van der Waals surface area (Å²) in [7, 11) is 0. The highest BCUT2D eigenvalue weighted by Crippen LogP contribution is 2.35. The summed E-state index contributed by atoms with van der Waals surface area (Å²) in [6.45, 7) is 1.67. The fraction of sp³-hybridized carbons (Fsp3) is 0.200. The van der Waals surface area contributed by atoms with Crippen molar-refractivity contribution in [3.05, 3.63) is 105 Å². The molecule has 14 heteroatoms. The number of aliphatic hydroxyl groups is 1. The number of carbonyl (C=O) groups excluding carboxylic acids is 1. The molecule has 2 N–H and O–H groups in total. The largest absolute Gasteiger partial charge is 0.393 e. The lowest BCUT2D eigenvalue weighted by Gasteiger charge is -2.25. The van der Waals surface area contributed by atoms with Crippen molar-refractivity contribution in [2.45, 2.75) is 31.9 Å². The van der Waals surface area contributed by atoms with Gasteiger partial charge in [-0.05, 0) is 60.9 Å². The zero-order chi connectivity index (χ0) is 31.1. The van der Waals surface area contributed by atoms with E-state index in [1.807, 2.05) is 0 Å². The van der Waals surface area contributed by atoms with Crippen molar-refractivity contribution in [2.24, 2.45) is 5.92 Å². The fourth-order valence-electron chi connectivity index (χ4n) is 5.28. The number of rotatable bonds is 3. The van der Waals surface area contributed by atoms with E-state index in [1.165, 1.54) is 58.3 Å². The van der Waals surface area contributed by atoms with Gasteiger partial charge in [-0.2, -0.15) is 0 Å². The molecule has 1 aliphatic heterocycles. The van der Waals surface area contributed by atoms with Gasteiger partial charge < -0.3 is 10.4 Å². The number of fused-ring (bicyclic) bond motifs is 4. The highest BCUT2D eigenvalue weighted by atomic mass is 35.5. The number of hydrogen-bond acceptors (Lipinski definition) is 7. The molecular formula is C30H23Cl2F2N7O3. The van der Waals surface area contributed by atoms with Crippen molar-refractivity contribution in [3.63, 3.8) is 0 Å². The quantitative estimate of drug-likeness (QED) is 0.269. The van der Waals surface area contributed by atoms with Gasteiger partial charge in [0.25, 0.3) is 5.56 Å². The average Bonchev–Trinajstić information content (AvgIpc) is 3.43. The summed E-state index contributed by atoms with van der Waals surface area (Å²) >= 11 is 12.0. The number of carbonyl (C=O) groups is 1. The van der Waals surface area contributed by atoms with Crippen LogP contribution in [0, 0.1) is 17.6 Å². The molecule has 0 spiro atoms. The van der Waals surface area contributed by atoms with Crippen molar-refractivity contribution in [2.75, 3.05) is 5.32 Å². The molecular weight excluding hydrogens is 615 g/mol. The summed E-state index contributed by atoms with van der Waals surface area (Å²) in [5.41, 5.74) is 1.23. The Hall–Kier alpha value is -4.52. The summed E-state index contributed by atoms with van der Waals surface area (Å²) in [6.07, 6.45) is 3.16. The molecule has 0 saturated heterocycles. The number of pyridine rings is 1. The minimum absolute atomic E-state index is 0.000747. The second-order valence-corrected chi connectivity index (χ2v) is 11.2. The first-order chi connectivity index (χ1) is 21.1. The molecule has 5 aromatic rings. The molecule has 224 valence electrons. The summed E-state index contributed by atoms with van der Waals surface area (Å²) in [5.74, 6) is -2.28. The van der Waals surface area contributed by atoms with Gasteiger partial charge in [0.2, 0.25) is 5.91 Å². The lowest BCUT2D eigenvalue weighted by molar-refractivity contribution is -0.120. The third kappa shape index (κ3) is 5.71. The van der Waals surface area contributed by atoms with Crippen LogP contribution < -0.4 is 10.9 Å². The van der Waals surface area contributed by atoms with Gasteiger partial charge in [0.15, 0.2) is 11.0 Å². The van der Waals surface area contributed by atoms with E-state index in [4.69, 9.17) is 23.2 Å². The van der Waals surface area contributed by atoms with Gasteiger partial charge in [-0.15, -0.1) is 5.10 Å². The monoisotopic (exact) mass is 637 g/mol. The second kappa shape index (κ2) is 11.9. The standard InChI is InChI=1S/C30H23Cl2F2N7O3/c1-15-8-18(42)11-25(22-9-16(6-7-35-22)19-10-17(33)2-4-21(19)37-30(15)44)40-14-36-23(12-27(40)43)28-24(5-3-20(31)29(28)34)41-13-26(32)38-39-41/h2-7,9-10,12-15,18,25,42H,8,11H2,1H3,(H,37,44)/t15-,18?,25+/m1/s1.